The molecule has 0 aromatic rings. The summed E-state index contributed by atoms with van der Waals surface area (Å²) in [5.74, 6) is 0. The lowest BCUT2D eigenvalue weighted by atomic mass is 10.9. The Kier molecular flexibility index (Phi) is 5.16. The van der Waals surface area contributed by atoms with Crippen LogP contribution in [0.25, 0.3) is 0 Å². The van der Waals surface area contributed by atoms with Crippen molar-refractivity contribution in [3.8, 4) is 0 Å². The van der Waals surface area contributed by atoms with Crippen LogP contribution in [-0.2, 0) is 15.2 Å². The van der Waals surface area contributed by atoms with Crippen molar-refractivity contribution in [1.82, 2.24) is 0 Å². The van der Waals surface area contributed by atoms with E-state index in [0.717, 1.165) is 18.1 Å². The Morgan fingerprint density at radius 2 is 1.64 bits per heavy atom. The van der Waals surface area contributed by atoms with Crippen LogP contribution in [0.4, 0.5) is 0 Å². The quantitative estimate of drug-likeness (QED) is 0.496. The van der Waals surface area contributed by atoms with E-state index in [1.165, 1.54) is 0 Å². The van der Waals surface area contributed by atoms with E-state index in [1.54, 1.807) is 0 Å². The molecule has 0 saturated carbocycles. The zero-order valence-corrected chi connectivity index (χ0v) is 9.07. The lowest BCUT2D eigenvalue weighted by molar-refractivity contribution is 0.431. The van der Waals surface area contributed by atoms with Gasteiger partial charge in [0, 0.05) is 0 Å². The molecular formula is C6H15O3SSi-. The molecule has 68 valence electrons. The highest BCUT2D eigenvalue weighted by atomic mass is 32.2. The van der Waals surface area contributed by atoms with E-state index < -0.39 is 19.7 Å². The molecule has 3 nitrogen and oxygen atoms in total. The Hall–Kier alpha value is 0.287. The summed E-state index contributed by atoms with van der Waals surface area (Å²) in [5.41, 5.74) is 0. The Bertz CT molecular complexity index is 128. The minimum Gasteiger partial charge on any atom is -0.750 e. The molecule has 0 amide bonds. The van der Waals surface area contributed by atoms with Crippen molar-refractivity contribution in [3.05, 3.63) is 0 Å². The Balaban J connectivity index is 4.16. The van der Waals surface area contributed by atoms with Crippen molar-refractivity contribution in [3.63, 3.8) is 0 Å². The van der Waals surface area contributed by atoms with Gasteiger partial charge in [0.05, 0.1) is 11.4 Å². The summed E-state index contributed by atoms with van der Waals surface area (Å²) in [6.45, 7) is 5.98. The van der Waals surface area contributed by atoms with Crippen molar-refractivity contribution in [2.24, 2.45) is 0 Å². The smallest absolute Gasteiger partial charge is 0.212 e. The second-order valence-corrected chi connectivity index (χ2v) is 8.09. The number of hydrogen-bond donors (Lipinski definition) is 0. The van der Waals surface area contributed by atoms with Gasteiger partial charge in [-0.05, 0) is 18.1 Å². The van der Waals surface area contributed by atoms with Crippen LogP contribution in [0.15, 0.2) is 0 Å². The van der Waals surface area contributed by atoms with Crippen LogP contribution in [-0.4, -0.2) is 17.1 Å². The van der Waals surface area contributed by atoms with Crippen LogP contribution in [0.2, 0.25) is 18.1 Å². The molecule has 0 aromatic heterocycles. The van der Waals surface area contributed by atoms with Crippen LogP contribution in [0.1, 0.15) is 20.8 Å². The molecule has 0 radical (unpaired) electrons. The van der Waals surface area contributed by atoms with Gasteiger partial charge in [0.15, 0.2) is 0 Å². The first-order valence-corrected chi connectivity index (χ1v) is 7.42. The van der Waals surface area contributed by atoms with Crippen LogP contribution in [0, 0.1) is 0 Å². The van der Waals surface area contributed by atoms with Gasteiger partial charge < -0.3 is 8.42 Å². The lowest BCUT2D eigenvalue weighted by Gasteiger charge is -2.27. The van der Waals surface area contributed by atoms with Gasteiger partial charge in [0.2, 0.25) is 8.32 Å². The molecular weight excluding hydrogens is 180 g/mol. The molecule has 0 saturated heterocycles. The van der Waals surface area contributed by atoms with Gasteiger partial charge in [-0.3, -0.25) is 0 Å². The molecule has 0 rings (SSSR count). The topological polar surface area (TPSA) is 49.4 Å². The molecule has 1 unspecified atom stereocenters. The summed E-state index contributed by atoms with van der Waals surface area (Å²) in [7, 11) is -1.89. The van der Waals surface area contributed by atoms with Crippen molar-refractivity contribution >= 4 is 19.7 Å². The summed E-state index contributed by atoms with van der Waals surface area (Å²) in [5, 5.41) is 0. The second kappa shape index (κ2) is 5.03. The molecule has 0 aliphatic heterocycles. The first kappa shape index (κ1) is 11.3. The average Bonchev–Trinajstić information content (AvgIpc) is 2.00. The molecule has 0 N–H and O–H groups in total. The predicted octanol–water partition coefficient (Wildman–Crippen LogP) is 1.80. The maximum Gasteiger partial charge on any atom is 0.212 e. The van der Waals surface area contributed by atoms with E-state index in [4.69, 9.17) is 3.87 Å². The van der Waals surface area contributed by atoms with E-state index in [1.807, 2.05) is 20.8 Å². The van der Waals surface area contributed by atoms with Crippen LogP contribution < -0.4 is 0 Å². The van der Waals surface area contributed by atoms with E-state index in [0.29, 0.717) is 0 Å². The minimum atomic E-state index is -2.32. The standard InChI is InChI=1S/C6H16O3SSi/c1-4-11(5-2,6-3)9-10(7)8/h4-6H2,1-3H3,(H,7,8)/p-1. The van der Waals surface area contributed by atoms with E-state index in [2.05, 4.69) is 0 Å². The van der Waals surface area contributed by atoms with Crippen LogP contribution in [0.3, 0.4) is 0 Å². The lowest BCUT2D eigenvalue weighted by Crippen LogP contribution is -2.36. The predicted molar refractivity (Wildman–Crippen MR) is 47.2 cm³/mol. The maximum absolute atomic E-state index is 10.3. The van der Waals surface area contributed by atoms with Crippen LogP contribution >= 0.6 is 0 Å². The minimum absolute atomic E-state index is 0.869. The molecule has 0 aliphatic carbocycles. The largest absolute Gasteiger partial charge is 0.750 e. The summed E-state index contributed by atoms with van der Waals surface area (Å²) < 4.78 is 25.5. The zero-order chi connectivity index (χ0) is 8.91. The highest BCUT2D eigenvalue weighted by Crippen LogP contribution is 2.21. The fourth-order valence-electron chi connectivity index (χ4n) is 1.07. The van der Waals surface area contributed by atoms with E-state index >= 15 is 0 Å². The molecule has 0 aromatic carbocycles. The van der Waals surface area contributed by atoms with Crippen molar-refractivity contribution < 1.29 is 12.6 Å². The molecule has 1 atom stereocenters. The van der Waals surface area contributed by atoms with Gasteiger partial charge in [0.1, 0.15) is 0 Å². The normalized spacial score (nSPS) is 14.9. The molecule has 0 aliphatic rings. The first-order chi connectivity index (χ1) is 5.10. The Morgan fingerprint density at radius 1 is 1.27 bits per heavy atom. The van der Waals surface area contributed by atoms with Crippen molar-refractivity contribution in [1.29, 1.82) is 0 Å². The van der Waals surface area contributed by atoms with E-state index in [-0.39, 0.29) is 0 Å². The monoisotopic (exact) mass is 195 g/mol. The number of rotatable bonds is 5. The first-order valence-electron chi connectivity index (χ1n) is 3.89. The molecule has 5 heteroatoms. The third kappa shape index (κ3) is 3.46. The van der Waals surface area contributed by atoms with Gasteiger partial charge in [-0.25, -0.2) is 4.21 Å². The van der Waals surface area contributed by atoms with Gasteiger partial charge >= 0.3 is 0 Å². The van der Waals surface area contributed by atoms with Crippen LogP contribution in [0.5, 0.6) is 0 Å². The van der Waals surface area contributed by atoms with Gasteiger partial charge in [-0.15, -0.1) is 0 Å². The van der Waals surface area contributed by atoms with Gasteiger partial charge in [-0.1, -0.05) is 20.8 Å². The van der Waals surface area contributed by atoms with Crippen molar-refractivity contribution in [2.75, 3.05) is 0 Å². The summed E-state index contributed by atoms with van der Waals surface area (Å²) in [6, 6.07) is 2.61. The highest BCUT2D eigenvalue weighted by molar-refractivity contribution is 7.75. The molecule has 11 heavy (non-hydrogen) atoms. The van der Waals surface area contributed by atoms with Gasteiger partial charge in [-0.2, -0.15) is 0 Å². The molecule has 0 spiro atoms. The third-order valence-electron chi connectivity index (χ3n) is 2.18. The number of hydrogen-bond acceptors (Lipinski definition) is 3. The summed E-state index contributed by atoms with van der Waals surface area (Å²) >= 11 is -2.32. The second-order valence-electron chi connectivity index (χ2n) is 2.53. The highest BCUT2D eigenvalue weighted by Gasteiger charge is 2.29. The van der Waals surface area contributed by atoms with E-state index in [9.17, 15) is 8.76 Å². The SMILES string of the molecule is CC[Si](CC)(CC)OS(=O)[O-]. The fraction of sp³-hybridized carbons (Fsp3) is 1.00. The molecule has 0 heterocycles. The molecule has 0 bridgehead atoms. The fourth-order valence-corrected chi connectivity index (χ4v) is 5.14. The van der Waals surface area contributed by atoms with Gasteiger partial charge in [0.25, 0.3) is 0 Å². The third-order valence-corrected chi connectivity index (χ3v) is 8.00. The zero-order valence-electron chi connectivity index (χ0n) is 7.25. The average molecular weight is 195 g/mol. The summed E-state index contributed by atoms with van der Waals surface area (Å²) in [6.07, 6.45) is 0. The maximum atomic E-state index is 10.3. The van der Waals surface area contributed by atoms with Crippen molar-refractivity contribution in [2.45, 2.75) is 38.9 Å². The summed E-state index contributed by atoms with van der Waals surface area (Å²) in [4.78, 5) is 0. The Morgan fingerprint density at radius 3 is 1.73 bits per heavy atom. The Labute approximate surface area is 71.8 Å². The molecule has 0 fully saturated rings.